The van der Waals surface area contributed by atoms with E-state index >= 15 is 0 Å². The van der Waals surface area contributed by atoms with Crippen molar-refractivity contribution in [1.29, 1.82) is 0 Å². The molecule has 0 saturated heterocycles. The number of rotatable bonds is 6. The number of nitrogens with one attached hydrogen (secondary N) is 2. The molecule has 3 rings (SSSR count). The zero-order valence-corrected chi connectivity index (χ0v) is 18.4. The Morgan fingerprint density at radius 2 is 1.52 bits per heavy atom. The molecular weight excluding hydrogens is 388 g/mol. The molecule has 160 valence electrons. The fraction of sp³-hybridized carbons (Fsp3) is 0.231. The molecule has 0 aliphatic rings. The van der Waals surface area contributed by atoms with Crippen molar-refractivity contribution < 1.29 is 14.3 Å². The van der Waals surface area contributed by atoms with Crippen LogP contribution in [0, 0.1) is 6.92 Å². The normalized spacial score (nSPS) is 11.0. The van der Waals surface area contributed by atoms with Gasteiger partial charge in [0.15, 0.2) is 6.61 Å². The molecule has 0 aromatic heterocycles. The number of carbonyl (C=O) groups is 2. The Hall–Kier alpha value is -3.60. The van der Waals surface area contributed by atoms with Crippen LogP contribution in [0.5, 0.6) is 5.75 Å². The number of hydrogen-bond acceptors (Lipinski definition) is 3. The molecule has 3 aromatic rings. The van der Waals surface area contributed by atoms with Gasteiger partial charge in [0.25, 0.3) is 11.8 Å². The number of aryl methyl sites for hydroxylation is 1. The molecular formula is C26H28N2O3. The van der Waals surface area contributed by atoms with Gasteiger partial charge in [-0.15, -0.1) is 0 Å². The van der Waals surface area contributed by atoms with E-state index in [1.54, 1.807) is 24.3 Å². The first-order chi connectivity index (χ1) is 14.7. The lowest BCUT2D eigenvalue weighted by atomic mass is 9.86. The molecule has 0 spiro atoms. The second-order valence-electron chi connectivity index (χ2n) is 8.49. The van der Waals surface area contributed by atoms with Crippen molar-refractivity contribution in [3.63, 3.8) is 0 Å². The van der Waals surface area contributed by atoms with Crippen LogP contribution < -0.4 is 15.4 Å². The molecule has 3 aromatic carbocycles. The fourth-order valence-corrected chi connectivity index (χ4v) is 3.22. The van der Waals surface area contributed by atoms with E-state index < -0.39 is 0 Å². The van der Waals surface area contributed by atoms with E-state index in [-0.39, 0.29) is 23.8 Å². The van der Waals surface area contributed by atoms with Crippen molar-refractivity contribution >= 4 is 23.2 Å². The van der Waals surface area contributed by atoms with Gasteiger partial charge in [-0.3, -0.25) is 9.59 Å². The summed E-state index contributed by atoms with van der Waals surface area (Å²) < 4.78 is 5.77. The number of hydrogen-bond donors (Lipinski definition) is 2. The first kappa shape index (κ1) is 22.1. The van der Waals surface area contributed by atoms with Crippen LogP contribution in [0.3, 0.4) is 0 Å². The van der Waals surface area contributed by atoms with Crippen LogP contribution in [0.25, 0.3) is 0 Å². The summed E-state index contributed by atoms with van der Waals surface area (Å²) >= 11 is 0. The van der Waals surface area contributed by atoms with Crippen LogP contribution in [-0.2, 0) is 10.2 Å². The predicted octanol–water partition coefficient (Wildman–Crippen LogP) is 5.56. The van der Waals surface area contributed by atoms with Crippen molar-refractivity contribution in [2.75, 3.05) is 17.2 Å². The average Bonchev–Trinajstić information content (AvgIpc) is 2.72. The van der Waals surface area contributed by atoms with Gasteiger partial charge >= 0.3 is 0 Å². The Morgan fingerprint density at radius 1 is 0.839 bits per heavy atom. The molecule has 0 radical (unpaired) electrons. The second-order valence-corrected chi connectivity index (χ2v) is 8.49. The molecule has 0 aliphatic heterocycles. The molecule has 0 fully saturated rings. The summed E-state index contributed by atoms with van der Waals surface area (Å²) in [5, 5.41) is 5.66. The minimum absolute atomic E-state index is 0.0912. The van der Waals surface area contributed by atoms with E-state index in [0.717, 1.165) is 16.8 Å². The second kappa shape index (κ2) is 9.47. The van der Waals surface area contributed by atoms with Crippen molar-refractivity contribution in [3.8, 4) is 5.75 Å². The molecule has 0 saturated carbocycles. The highest BCUT2D eigenvalue weighted by molar-refractivity contribution is 6.05. The lowest BCUT2D eigenvalue weighted by molar-refractivity contribution is -0.118. The smallest absolute Gasteiger partial charge is 0.262 e. The molecule has 31 heavy (non-hydrogen) atoms. The van der Waals surface area contributed by atoms with Gasteiger partial charge in [-0.1, -0.05) is 57.2 Å². The summed E-state index contributed by atoms with van der Waals surface area (Å²) in [5.74, 6) is 0.161. The van der Waals surface area contributed by atoms with Gasteiger partial charge < -0.3 is 15.4 Å². The summed E-state index contributed by atoms with van der Waals surface area (Å²) in [5.41, 5.74) is 3.73. The maximum Gasteiger partial charge on any atom is 0.262 e. The highest BCUT2D eigenvalue weighted by atomic mass is 16.5. The zero-order valence-electron chi connectivity index (χ0n) is 18.4. The van der Waals surface area contributed by atoms with E-state index in [0.29, 0.717) is 17.0 Å². The first-order valence-electron chi connectivity index (χ1n) is 10.2. The topological polar surface area (TPSA) is 67.4 Å². The van der Waals surface area contributed by atoms with Crippen LogP contribution in [0.1, 0.15) is 42.3 Å². The van der Waals surface area contributed by atoms with Gasteiger partial charge in [-0.25, -0.2) is 0 Å². The standard InChI is InChI=1S/C26H28N2O3/c1-18-9-7-11-20(15-18)28-25(30)19-10-8-12-21(16-19)27-24(29)17-31-23-14-6-5-13-22(23)26(2,3)4/h5-16H,17H2,1-4H3,(H,27,29)(H,28,30). The summed E-state index contributed by atoms with van der Waals surface area (Å²) in [7, 11) is 0. The van der Waals surface area contributed by atoms with E-state index in [1.807, 2.05) is 55.5 Å². The summed E-state index contributed by atoms with van der Waals surface area (Å²) in [6.07, 6.45) is 0. The third-order valence-electron chi connectivity index (χ3n) is 4.74. The molecule has 0 heterocycles. The van der Waals surface area contributed by atoms with Crippen molar-refractivity contribution in [2.45, 2.75) is 33.1 Å². The molecule has 0 bridgehead atoms. The van der Waals surface area contributed by atoms with Gasteiger partial charge in [-0.2, -0.15) is 0 Å². The van der Waals surface area contributed by atoms with E-state index in [4.69, 9.17) is 4.74 Å². The Kier molecular flexibility index (Phi) is 6.75. The molecule has 0 unspecified atom stereocenters. The SMILES string of the molecule is Cc1cccc(NC(=O)c2cccc(NC(=O)COc3ccccc3C(C)(C)C)c2)c1. The molecule has 0 aliphatic carbocycles. The Labute approximate surface area is 183 Å². The third kappa shape index (κ3) is 6.19. The first-order valence-corrected chi connectivity index (χ1v) is 10.2. The van der Waals surface area contributed by atoms with Crippen LogP contribution in [0.4, 0.5) is 11.4 Å². The van der Waals surface area contributed by atoms with Crippen LogP contribution in [0.2, 0.25) is 0 Å². The molecule has 2 N–H and O–H groups in total. The Morgan fingerprint density at radius 3 is 2.23 bits per heavy atom. The average molecular weight is 417 g/mol. The lowest BCUT2D eigenvalue weighted by Crippen LogP contribution is -2.22. The van der Waals surface area contributed by atoms with Crippen LogP contribution in [0.15, 0.2) is 72.8 Å². The highest BCUT2D eigenvalue weighted by Gasteiger charge is 2.19. The Bertz CT molecular complexity index is 1080. The molecule has 0 atom stereocenters. The van der Waals surface area contributed by atoms with Gasteiger partial charge in [0.2, 0.25) is 0 Å². The maximum atomic E-state index is 12.6. The summed E-state index contributed by atoms with van der Waals surface area (Å²) in [6, 6.07) is 22.1. The monoisotopic (exact) mass is 416 g/mol. The van der Waals surface area contributed by atoms with Gasteiger partial charge in [0.05, 0.1) is 0 Å². The minimum atomic E-state index is -0.292. The summed E-state index contributed by atoms with van der Waals surface area (Å²) in [4.78, 5) is 25.0. The largest absolute Gasteiger partial charge is 0.483 e. The number of carbonyl (C=O) groups excluding carboxylic acids is 2. The van der Waals surface area contributed by atoms with Crippen molar-refractivity contribution in [2.24, 2.45) is 0 Å². The van der Waals surface area contributed by atoms with Gasteiger partial charge in [-0.05, 0) is 59.9 Å². The van der Waals surface area contributed by atoms with Gasteiger partial charge in [0, 0.05) is 16.9 Å². The summed E-state index contributed by atoms with van der Waals surface area (Å²) in [6.45, 7) is 8.15. The Balaban J connectivity index is 1.62. The van der Waals surface area contributed by atoms with Crippen molar-refractivity contribution in [1.82, 2.24) is 0 Å². The number of amides is 2. The zero-order chi connectivity index (χ0) is 22.4. The van der Waals surface area contributed by atoms with Crippen LogP contribution in [-0.4, -0.2) is 18.4 Å². The predicted molar refractivity (Wildman–Crippen MR) is 125 cm³/mol. The molecule has 5 heteroatoms. The lowest BCUT2D eigenvalue weighted by Gasteiger charge is -2.22. The highest BCUT2D eigenvalue weighted by Crippen LogP contribution is 2.30. The van der Waals surface area contributed by atoms with E-state index in [1.165, 1.54) is 0 Å². The van der Waals surface area contributed by atoms with E-state index in [2.05, 4.69) is 31.4 Å². The number of benzene rings is 3. The van der Waals surface area contributed by atoms with E-state index in [9.17, 15) is 9.59 Å². The maximum absolute atomic E-state index is 12.6. The van der Waals surface area contributed by atoms with Gasteiger partial charge in [0.1, 0.15) is 5.75 Å². The molecule has 5 nitrogen and oxygen atoms in total. The minimum Gasteiger partial charge on any atom is -0.483 e. The quantitative estimate of drug-likeness (QED) is 0.553. The number of anilines is 2. The number of ether oxygens (including phenoxy) is 1. The third-order valence-corrected chi connectivity index (χ3v) is 4.74. The van der Waals surface area contributed by atoms with Crippen LogP contribution >= 0.6 is 0 Å². The van der Waals surface area contributed by atoms with Crippen molar-refractivity contribution in [3.05, 3.63) is 89.5 Å². The number of para-hydroxylation sites is 1. The fourth-order valence-electron chi connectivity index (χ4n) is 3.22. The molecule has 2 amide bonds.